The van der Waals surface area contributed by atoms with Crippen LogP contribution in [0.25, 0.3) is 34.4 Å². The zero-order valence-electron chi connectivity index (χ0n) is 56.5. The van der Waals surface area contributed by atoms with Crippen LogP contribution in [0.5, 0.6) is 23.0 Å². The number of rotatable bonds is 16. The molecular formula is C92H72F4N2O2. The molecule has 0 N–H and O–H groups in total. The first kappa shape index (κ1) is 64.3. The van der Waals surface area contributed by atoms with Crippen molar-refractivity contribution in [1.29, 1.82) is 0 Å². The Bertz CT molecular complexity index is 4940. The van der Waals surface area contributed by atoms with Gasteiger partial charge in [-0.15, -0.1) is 0 Å². The summed E-state index contributed by atoms with van der Waals surface area (Å²) >= 11 is 0. The molecule has 0 saturated heterocycles. The van der Waals surface area contributed by atoms with Crippen LogP contribution in [0, 0.1) is 23.3 Å². The lowest BCUT2D eigenvalue weighted by atomic mass is 9.67. The topological polar surface area (TPSA) is 24.9 Å². The van der Waals surface area contributed by atoms with Gasteiger partial charge in [-0.2, -0.15) is 0 Å². The van der Waals surface area contributed by atoms with Crippen LogP contribution in [0.3, 0.4) is 0 Å². The summed E-state index contributed by atoms with van der Waals surface area (Å²) < 4.78 is 75.5. The molecule has 0 radical (unpaired) electrons. The molecule has 15 rings (SSSR count). The Morgan fingerprint density at radius 1 is 0.290 bits per heavy atom. The Morgan fingerprint density at radius 2 is 0.570 bits per heavy atom. The molecule has 2 aliphatic carbocycles. The number of benzene rings is 13. The Morgan fingerprint density at radius 3 is 0.890 bits per heavy atom. The number of nitrogens with zero attached hydrogens (tertiary/aromatic N) is 2. The third-order valence-electron chi connectivity index (χ3n) is 19.9. The molecule has 0 aromatic heterocycles. The van der Waals surface area contributed by atoms with E-state index in [1.165, 1.54) is 23.3 Å². The molecule has 0 spiro atoms. The first-order valence-corrected chi connectivity index (χ1v) is 33.7. The van der Waals surface area contributed by atoms with Crippen LogP contribution in [-0.2, 0) is 21.7 Å². The summed E-state index contributed by atoms with van der Waals surface area (Å²) in [5.74, 6) is -1.26. The molecule has 13 aromatic rings. The van der Waals surface area contributed by atoms with Crippen molar-refractivity contribution in [1.82, 2.24) is 0 Å². The van der Waals surface area contributed by atoms with Gasteiger partial charge in [0.2, 0.25) is 0 Å². The summed E-state index contributed by atoms with van der Waals surface area (Å²) in [4.78, 5) is 3.86. The lowest BCUT2D eigenvalue weighted by Crippen LogP contribution is -2.29. The zero-order chi connectivity index (χ0) is 69.2. The van der Waals surface area contributed by atoms with Crippen LogP contribution in [0.1, 0.15) is 108 Å². The molecule has 8 heteroatoms. The minimum atomic E-state index is -1.01. The molecule has 2 aliphatic rings. The minimum Gasteiger partial charge on any atom is -0.457 e. The maximum absolute atomic E-state index is 16.0. The van der Waals surface area contributed by atoms with E-state index in [9.17, 15) is 0 Å². The van der Waals surface area contributed by atoms with E-state index in [1.54, 1.807) is 24.3 Å². The van der Waals surface area contributed by atoms with E-state index in [4.69, 9.17) is 9.47 Å². The van der Waals surface area contributed by atoms with Crippen molar-refractivity contribution in [2.45, 2.75) is 63.2 Å². The fraction of sp³-hybridized carbons (Fsp3) is 0.109. The van der Waals surface area contributed by atoms with Gasteiger partial charge in [0.1, 0.15) is 23.0 Å². The van der Waals surface area contributed by atoms with Crippen LogP contribution in [0.15, 0.2) is 304 Å². The summed E-state index contributed by atoms with van der Waals surface area (Å²) in [6.07, 6.45) is 3.60. The van der Waals surface area contributed by atoms with Crippen molar-refractivity contribution in [3.05, 3.63) is 394 Å². The number of hydrogen-bond acceptors (Lipinski definition) is 4. The van der Waals surface area contributed by atoms with Gasteiger partial charge in [0.25, 0.3) is 0 Å². The predicted molar refractivity (Wildman–Crippen MR) is 401 cm³/mol. The monoisotopic (exact) mass is 1310 g/mol. The van der Waals surface area contributed by atoms with Gasteiger partial charge in [0.05, 0.1) is 10.8 Å². The summed E-state index contributed by atoms with van der Waals surface area (Å²) in [5, 5.41) is 0. The molecule has 100 heavy (non-hydrogen) atoms. The fourth-order valence-electron chi connectivity index (χ4n) is 14.9. The molecule has 13 aromatic carbocycles. The van der Waals surface area contributed by atoms with Gasteiger partial charge in [-0.1, -0.05) is 225 Å². The minimum absolute atomic E-state index is 0.121. The van der Waals surface area contributed by atoms with Crippen molar-refractivity contribution in [2.24, 2.45) is 0 Å². The number of halogens is 4. The standard InChI is InChI=1S/C92H72F4N2O2/c1-9-59-19-43-73(44-20-59)99-75-47-31-65(32-48-75)91(63-27-23-61(24-28-63)89(3,4)5)81-17-13-11-15-77(81)79-51-39-69(55-83(79)91)97(71-41-53-85(93)87(95)57-71)67-35-37-68(38-36-67)98(72-42-54-86(94)88(96)58-72)70-40-52-80-78-16-12-14-18-82(78)92(84(80)56-70,64-29-25-62(26-30-64)90(6,7)8)66-33-49-76(50-34-66)100-74-45-21-60(10-2)22-46-74/h9-58H,1-2H2,3-8H3. The molecule has 0 amide bonds. The first-order valence-electron chi connectivity index (χ1n) is 33.7. The van der Waals surface area contributed by atoms with Gasteiger partial charge < -0.3 is 19.3 Å². The summed E-state index contributed by atoms with van der Waals surface area (Å²) in [6.45, 7) is 21.1. The van der Waals surface area contributed by atoms with E-state index < -0.39 is 34.1 Å². The Labute approximate surface area is 582 Å². The second-order valence-electron chi connectivity index (χ2n) is 27.9. The highest BCUT2D eigenvalue weighted by molar-refractivity contribution is 5.92. The molecule has 0 aliphatic heterocycles. The van der Waals surface area contributed by atoms with E-state index in [-0.39, 0.29) is 10.8 Å². The Balaban J connectivity index is 0.882. The van der Waals surface area contributed by atoms with Crippen LogP contribution in [0.2, 0.25) is 0 Å². The van der Waals surface area contributed by atoms with Crippen molar-refractivity contribution in [3.63, 3.8) is 0 Å². The molecule has 490 valence electrons. The smallest absolute Gasteiger partial charge is 0.160 e. The molecular weight excluding hydrogens is 1240 g/mol. The largest absolute Gasteiger partial charge is 0.457 e. The Hall–Kier alpha value is -11.7. The van der Waals surface area contributed by atoms with Gasteiger partial charge in [0, 0.05) is 46.3 Å². The normalized spacial score (nSPS) is 15.1. The lowest BCUT2D eigenvalue weighted by Gasteiger charge is -2.36. The van der Waals surface area contributed by atoms with Gasteiger partial charge in [-0.05, 0) is 221 Å². The second kappa shape index (κ2) is 25.3. The number of fused-ring (bicyclic) bond motifs is 6. The zero-order valence-corrected chi connectivity index (χ0v) is 56.5. The molecule has 2 atom stereocenters. The van der Waals surface area contributed by atoms with Crippen LogP contribution < -0.4 is 19.3 Å². The van der Waals surface area contributed by atoms with Crippen LogP contribution >= 0.6 is 0 Å². The lowest BCUT2D eigenvalue weighted by molar-refractivity contribution is 0.482. The van der Waals surface area contributed by atoms with Crippen molar-refractivity contribution in [3.8, 4) is 45.3 Å². The van der Waals surface area contributed by atoms with Gasteiger partial charge in [0.15, 0.2) is 23.3 Å². The summed E-state index contributed by atoms with van der Waals surface area (Å²) in [5.41, 5.74) is 18.0. The third kappa shape index (κ3) is 11.2. The highest BCUT2D eigenvalue weighted by atomic mass is 19.2. The summed E-state index contributed by atoms with van der Waals surface area (Å²) in [7, 11) is 0. The quantitative estimate of drug-likeness (QED) is 0.0900. The summed E-state index contributed by atoms with van der Waals surface area (Å²) in [6, 6.07) is 95.3. The van der Waals surface area contributed by atoms with Gasteiger partial charge in [-0.3, -0.25) is 0 Å². The molecule has 2 unspecified atom stereocenters. The number of anilines is 6. The van der Waals surface area contributed by atoms with E-state index in [1.807, 2.05) is 119 Å². The highest BCUT2D eigenvalue weighted by Gasteiger charge is 2.48. The van der Waals surface area contributed by atoms with E-state index >= 15 is 17.6 Å². The van der Waals surface area contributed by atoms with E-state index in [0.29, 0.717) is 57.1 Å². The van der Waals surface area contributed by atoms with E-state index in [2.05, 4.69) is 200 Å². The maximum Gasteiger partial charge on any atom is 0.160 e. The van der Waals surface area contributed by atoms with Crippen molar-refractivity contribution < 1.29 is 27.0 Å². The molecule has 0 bridgehead atoms. The first-order chi connectivity index (χ1) is 48.3. The molecule has 4 nitrogen and oxygen atoms in total. The fourth-order valence-corrected chi connectivity index (χ4v) is 14.9. The third-order valence-corrected chi connectivity index (χ3v) is 19.9. The Kier molecular flexibility index (Phi) is 16.2. The van der Waals surface area contributed by atoms with Gasteiger partial charge >= 0.3 is 0 Å². The van der Waals surface area contributed by atoms with Crippen LogP contribution in [0.4, 0.5) is 51.7 Å². The number of hydrogen-bond donors (Lipinski definition) is 0. The van der Waals surface area contributed by atoms with Crippen LogP contribution in [-0.4, -0.2) is 0 Å². The average molecular weight is 1310 g/mol. The average Bonchev–Trinajstić information content (AvgIpc) is 1.53. The predicted octanol–water partition coefficient (Wildman–Crippen LogP) is 25.4. The highest BCUT2D eigenvalue weighted by Crippen LogP contribution is 2.60. The molecule has 0 saturated carbocycles. The molecule has 0 fully saturated rings. The second-order valence-corrected chi connectivity index (χ2v) is 27.9. The van der Waals surface area contributed by atoms with Crippen molar-refractivity contribution in [2.75, 3.05) is 9.80 Å². The SMILES string of the molecule is C=Cc1ccc(Oc2ccc(C3(c4ccc(C(C)(C)C)cc4)c4ccccc4-c4ccc(N(c5ccc(N(c6ccc(F)c(F)c6)c6ccc7c(c6)C(c6ccc(Oc8ccc(C=C)cc8)cc6)(c6ccc(C(C)(C)C)cc6)c6ccccc6-7)cc5)c5ccc(F)c(F)c5)cc43)cc2)cc1. The van der Waals surface area contributed by atoms with Crippen molar-refractivity contribution >= 4 is 46.3 Å². The number of ether oxygens (including phenoxy) is 2. The van der Waals surface area contributed by atoms with Gasteiger partial charge in [-0.25, -0.2) is 17.6 Å². The van der Waals surface area contributed by atoms with E-state index in [0.717, 1.165) is 90.0 Å². The maximum atomic E-state index is 16.0. The molecule has 0 heterocycles.